The Balaban J connectivity index is 2.65. The van der Waals surface area contributed by atoms with Crippen LogP contribution in [0.3, 0.4) is 0 Å². The number of aryl methyl sites for hydroxylation is 2. The molecule has 2 aromatic rings. The van der Waals surface area contributed by atoms with Gasteiger partial charge in [0.15, 0.2) is 0 Å². The fraction of sp³-hybridized carbons (Fsp3) is 0.385. The molecule has 1 heterocycles. The molecular weight excluding hydrogens is 202 g/mol. The zero-order chi connectivity index (χ0) is 10.8. The first-order valence-electron chi connectivity index (χ1n) is 5.47. The SMILES string of the molecule is CCCc1c(CN)sc2ccc(C)cc12. The van der Waals surface area contributed by atoms with E-state index in [0.29, 0.717) is 6.54 Å². The second-order valence-electron chi connectivity index (χ2n) is 3.96. The van der Waals surface area contributed by atoms with Gasteiger partial charge < -0.3 is 5.73 Å². The van der Waals surface area contributed by atoms with Crippen molar-refractivity contribution in [1.82, 2.24) is 0 Å². The van der Waals surface area contributed by atoms with E-state index < -0.39 is 0 Å². The molecule has 0 aliphatic carbocycles. The first kappa shape index (κ1) is 10.7. The molecule has 2 heteroatoms. The molecule has 0 saturated carbocycles. The lowest BCUT2D eigenvalue weighted by Crippen LogP contribution is -1.97. The maximum Gasteiger partial charge on any atom is 0.0349 e. The van der Waals surface area contributed by atoms with E-state index in [2.05, 4.69) is 32.0 Å². The average molecular weight is 219 g/mol. The van der Waals surface area contributed by atoms with Gasteiger partial charge in [0.25, 0.3) is 0 Å². The fourth-order valence-electron chi connectivity index (χ4n) is 2.00. The molecule has 0 bridgehead atoms. The van der Waals surface area contributed by atoms with Gasteiger partial charge in [0, 0.05) is 16.1 Å². The van der Waals surface area contributed by atoms with Gasteiger partial charge >= 0.3 is 0 Å². The van der Waals surface area contributed by atoms with Crippen LogP contribution in [-0.2, 0) is 13.0 Å². The number of hydrogen-bond donors (Lipinski definition) is 1. The third-order valence-corrected chi connectivity index (χ3v) is 3.95. The Morgan fingerprint density at radius 2 is 2.13 bits per heavy atom. The van der Waals surface area contributed by atoms with Crippen molar-refractivity contribution in [2.24, 2.45) is 5.73 Å². The minimum absolute atomic E-state index is 0.674. The van der Waals surface area contributed by atoms with Gasteiger partial charge in [-0.3, -0.25) is 0 Å². The summed E-state index contributed by atoms with van der Waals surface area (Å²) in [6.07, 6.45) is 2.34. The Labute approximate surface area is 94.9 Å². The minimum Gasteiger partial charge on any atom is -0.326 e. The molecule has 80 valence electrons. The van der Waals surface area contributed by atoms with Crippen molar-refractivity contribution in [3.8, 4) is 0 Å². The van der Waals surface area contributed by atoms with Gasteiger partial charge in [-0.1, -0.05) is 31.0 Å². The Hall–Kier alpha value is -0.860. The molecule has 0 atom stereocenters. The summed E-state index contributed by atoms with van der Waals surface area (Å²) in [7, 11) is 0. The van der Waals surface area contributed by atoms with Crippen LogP contribution in [0.2, 0.25) is 0 Å². The summed E-state index contributed by atoms with van der Waals surface area (Å²) in [6.45, 7) is 5.04. The van der Waals surface area contributed by atoms with Crippen LogP contribution in [0.25, 0.3) is 10.1 Å². The van der Waals surface area contributed by atoms with E-state index in [0.717, 1.165) is 6.42 Å². The first-order valence-corrected chi connectivity index (χ1v) is 6.29. The lowest BCUT2D eigenvalue weighted by Gasteiger charge is -2.00. The first-order chi connectivity index (χ1) is 7.26. The highest BCUT2D eigenvalue weighted by atomic mass is 32.1. The third-order valence-electron chi connectivity index (χ3n) is 2.72. The van der Waals surface area contributed by atoms with E-state index in [1.165, 1.54) is 32.5 Å². The van der Waals surface area contributed by atoms with Gasteiger partial charge in [0.1, 0.15) is 0 Å². The van der Waals surface area contributed by atoms with Crippen LogP contribution in [-0.4, -0.2) is 0 Å². The van der Waals surface area contributed by atoms with Crippen LogP contribution in [0.4, 0.5) is 0 Å². The van der Waals surface area contributed by atoms with Crippen LogP contribution in [0, 0.1) is 6.92 Å². The summed E-state index contributed by atoms with van der Waals surface area (Å²) >= 11 is 1.85. The highest BCUT2D eigenvalue weighted by Crippen LogP contribution is 2.32. The second-order valence-corrected chi connectivity index (χ2v) is 5.09. The van der Waals surface area contributed by atoms with Gasteiger partial charge in [0.05, 0.1) is 0 Å². The number of hydrogen-bond acceptors (Lipinski definition) is 2. The maximum atomic E-state index is 5.79. The van der Waals surface area contributed by atoms with E-state index in [1.807, 2.05) is 11.3 Å². The lowest BCUT2D eigenvalue weighted by molar-refractivity contribution is 0.912. The van der Waals surface area contributed by atoms with Crippen LogP contribution < -0.4 is 5.73 Å². The Morgan fingerprint density at radius 3 is 2.80 bits per heavy atom. The molecule has 1 aromatic heterocycles. The van der Waals surface area contributed by atoms with Crippen LogP contribution in [0.5, 0.6) is 0 Å². The van der Waals surface area contributed by atoms with E-state index >= 15 is 0 Å². The predicted molar refractivity (Wildman–Crippen MR) is 68.4 cm³/mol. The van der Waals surface area contributed by atoms with Crippen molar-refractivity contribution in [1.29, 1.82) is 0 Å². The Kier molecular flexibility index (Phi) is 3.08. The zero-order valence-electron chi connectivity index (χ0n) is 9.34. The molecule has 2 N–H and O–H groups in total. The summed E-state index contributed by atoms with van der Waals surface area (Å²) in [6, 6.07) is 6.68. The second kappa shape index (κ2) is 4.33. The molecule has 2 rings (SSSR count). The normalized spacial score (nSPS) is 11.1. The van der Waals surface area contributed by atoms with Gasteiger partial charge in [-0.05, 0) is 30.4 Å². The maximum absolute atomic E-state index is 5.79. The number of fused-ring (bicyclic) bond motifs is 1. The predicted octanol–water partition coefficient (Wildman–Crippen LogP) is 3.62. The standard InChI is InChI=1S/C13H17NS/c1-3-4-10-11-7-9(2)5-6-12(11)15-13(10)8-14/h5-7H,3-4,8,14H2,1-2H3. The molecular formula is C13H17NS. The highest BCUT2D eigenvalue weighted by Gasteiger charge is 2.09. The molecule has 0 spiro atoms. The average Bonchev–Trinajstić information content (AvgIpc) is 2.57. The van der Waals surface area contributed by atoms with Gasteiger partial charge in [0.2, 0.25) is 0 Å². The third kappa shape index (κ3) is 1.92. The summed E-state index contributed by atoms with van der Waals surface area (Å²) < 4.78 is 1.38. The van der Waals surface area contributed by atoms with Crippen molar-refractivity contribution >= 4 is 21.4 Å². The van der Waals surface area contributed by atoms with Gasteiger partial charge in [-0.25, -0.2) is 0 Å². The highest BCUT2D eigenvalue weighted by molar-refractivity contribution is 7.19. The molecule has 0 fully saturated rings. The molecule has 1 aromatic carbocycles. The topological polar surface area (TPSA) is 26.0 Å². The summed E-state index contributed by atoms with van der Waals surface area (Å²) in [5.74, 6) is 0. The molecule has 1 nitrogen and oxygen atoms in total. The van der Waals surface area contributed by atoms with Crippen molar-refractivity contribution in [3.63, 3.8) is 0 Å². The molecule has 0 aliphatic rings. The zero-order valence-corrected chi connectivity index (χ0v) is 10.2. The molecule has 0 unspecified atom stereocenters. The van der Waals surface area contributed by atoms with Gasteiger partial charge in [-0.2, -0.15) is 0 Å². The smallest absolute Gasteiger partial charge is 0.0349 e. The fourth-order valence-corrected chi connectivity index (χ4v) is 3.11. The molecule has 0 saturated heterocycles. The number of benzene rings is 1. The Bertz CT molecular complexity index is 471. The van der Waals surface area contributed by atoms with Crippen LogP contribution >= 0.6 is 11.3 Å². The van der Waals surface area contributed by atoms with Gasteiger partial charge in [-0.15, -0.1) is 11.3 Å². The summed E-state index contributed by atoms with van der Waals surface area (Å²) in [5, 5.41) is 1.42. The van der Waals surface area contributed by atoms with E-state index in [-0.39, 0.29) is 0 Å². The quantitative estimate of drug-likeness (QED) is 0.838. The van der Waals surface area contributed by atoms with Crippen molar-refractivity contribution in [2.45, 2.75) is 33.2 Å². The lowest BCUT2D eigenvalue weighted by atomic mass is 10.0. The monoisotopic (exact) mass is 219 g/mol. The summed E-state index contributed by atoms with van der Waals surface area (Å²) in [5.41, 5.74) is 8.60. The van der Waals surface area contributed by atoms with Crippen molar-refractivity contribution < 1.29 is 0 Å². The molecule has 0 radical (unpaired) electrons. The number of nitrogens with two attached hydrogens (primary N) is 1. The molecule has 0 amide bonds. The van der Waals surface area contributed by atoms with Crippen molar-refractivity contribution in [2.75, 3.05) is 0 Å². The number of thiophene rings is 1. The summed E-state index contributed by atoms with van der Waals surface area (Å²) in [4.78, 5) is 1.36. The minimum atomic E-state index is 0.674. The molecule has 15 heavy (non-hydrogen) atoms. The number of rotatable bonds is 3. The Morgan fingerprint density at radius 1 is 1.33 bits per heavy atom. The van der Waals surface area contributed by atoms with Crippen LogP contribution in [0.15, 0.2) is 18.2 Å². The van der Waals surface area contributed by atoms with E-state index in [9.17, 15) is 0 Å². The van der Waals surface area contributed by atoms with Crippen LogP contribution in [0.1, 0.15) is 29.3 Å². The largest absolute Gasteiger partial charge is 0.326 e. The van der Waals surface area contributed by atoms with Crippen molar-refractivity contribution in [3.05, 3.63) is 34.2 Å². The molecule has 0 aliphatic heterocycles. The van der Waals surface area contributed by atoms with E-state index in [1.54, 1.807) is 0 Å². The van der Waals surface area contributed by atoms with E-state index in [4.69, 9.17) is 5.73 Å².